The highest BCUT2D eigenvalue weighted by Crippen LogP contribution is 2.21. The number of nitrogens with one attached hydrogen (secondary N) is 2. The third-order valence-electron chi connectivity index (χ3n) is 2.91. The summed E-state index contributed by atoms with van der Waals surface area (Å²) in [7, 11) is -3.73. The van der Waals surface area contributed by atoms with E-state index in [-0.39, 0.29) is 4.90 Å². The Morgan fingerprint density at radius 1 is 1.05 bits per heavy atom. The third kappa shape index (κ3) is 4.16. The van der Waals surface area contributed by atoms with Gasteiger partial charge in [-0.05, 0) is 47.1 Å². The minimum absolute atomic E-state index is 0.121. The monoisotopic (exact) mass is 382 g/mol. The van der Waals surface area contributed by atoms with Crippen LogP contribution in [0, 0.1) is 0 Å². The molecule has 2 aromatic carbocycles. The highest BCUT2D eigenvalue weighted by atomic mass is 79.9. The van der Waals surface area contributed by atoms with Crippen LogP contribution in [-0.4, -0.2) is 20.4 Å². The van der Waals surface area contributed by atoms with Crippen LogP contribution in [0.4, 0.5) is 5.69 Å². The smallest absolute Gasteiger partial charge is 0.242 e. The van der Waals surface area contributed by atoms with E-state index in [2.05, 4.69) is 26.0 Å². The molecule has 1 amide bonds. The summed E-state index contributed by atoms with van der Waals surface area (Å²) in [6.07, 6.45) is 0. The van der Waals surface area contributed by atoms with Gasteiger partial charge in [-0.25, -0.2) is 8.42 Å². The Morgan fingerprint density at radius 3 is 2.27 bits per heavy atom. The SMILES string of the molecule is CC(NS(=O)(=O)c1ccccc1)C(=O)Nc1ccccc1Br. The largest absolute Gasteiger partial charge is 0.324 e. The van der Waals surface area contributed by atoms with Crippen molar-refractivity contribution in [3.05, 3.63) is 59.1 Å². The predicted molar refractivity (Wildman–Crippen MR) is 89.0 cm³/mol. The van der Waals surface area contributed by atoms with Gasteiger partial charge in [0.25, 0.3) is 0 Å². The quantitative estimate of drug-likeness (QED) is 0.834. The molecule has 0 spiro atoms. The molecule has 0 aliphatic carbocycles. The first-order valence-electron chi connectivity index (χ1n) is 6.53. The van der Waals surface area contributed by atoms with E-state index in [1.54, 1.807) is 36.4 Å². The van der Waals surface area contributed by atoms with E-state index in [1.165, 1.54) is 19.1 Å². The van der Waals surface area contributed by atoms with E-state index >= 15 is 0 Å². The lowest BCUT2D eigenvalue weighted by Gasteiger charge is -2.15. The number of rotatable bonds is 5. The molecule has 7 heteroatoms. The molecule has 5 nitrogen and oxygen atoms in total. The zero-order valence-electron chi connectivity index (χ0n) is 11.8. The fourth-order valence-electron chi connectivity index (χ4n) is 1.76. The van der Waals surface area contributed by atoms with E-state index in [9.17, 15) is 13.2 Å². The summed E-state index contributed by atoms with van der Waals surface area (Å²) in [5.41, 5.74) is 0.582. The van der Waals surface area contributed by atoms with Crippen LogP contribution in [0.5, 0.6) is 0 Å². The first-order chi connectivity index (χ1) is 10.4. The molecule has 0 saturated carbocycles. The van der Waals surface area contributed by atoms with E-state index < -0.39 is 22.0 Å². The summed E-state index contributed by atoms with van der Waals surface area (Å²) < 4.78 is 27.4. The number of amides is 1. The van der Waals surface area contributed by atoms with Crippen LogP contribution in [0.1, 0.15) is 6.92 Å². The summed E-state index contributed by atoms with van der Waals surface area (Å²) in [6, 6.07) is 14.1. The molecule has 0 radical (unpaired) electrons. The molecule has 0 heterocycles. The third-order valence-corrected chi connectivity index (χ3v) is 5.16. The molecule has 0 saturated heterocycles. The predicted octanol–water partition coefficient (Wildman–Crippen LogP) is 2.75. The van der Waals surface area contributed by atoms with Crippen LogP contribution in [-0.2, 0) is 14.8 Å². The number of benzene rings is 2. The lowest BCUT2D eigenvalue weighted by molar-refractivity contribution is -0.117. The number of carbonyl (C=O) groups is 1. The Hall–Kier alpha value is -1.70. The number of para-hydroxylation sites is 1. The number of carbonyl (C=O) groups excluding carboxylic acids is 1. The second-order valence-electron chi connectivity index (χ2n) is 4.63. The zero-order chi connectivity index (χ0) is 16.2. The molecule has 0 aromatic heterocycles. The average molecular weight is 383 g/mol. The zero-order valence-corrected chi connectivity index (χ0v) is 14.2. The lowest BCUT2D eigenvalue weighted by atomic mass is 10.3. The normalized spacial score (nSPS) is 12.6. The molecule has 116 valence electrons. The van der Waals surface area contributed by atoms with Crippen LogP contribution < -0.4 is 10.0 Å². The van der Waals surface area contributed by atoms with Gasteiger partial charge in [0.05, 0.1) is 16.6 Å². The van der Waals surface area contributed by atoms with Crippen LogP contribution in [0.2, 0.25) is 0 Å². The first kappa shape index (κ1) is 16.7. The topological polar surface area (TPSA) is 75.3 Å². The number of hydrogen-bond donors (Lipinski definition) is 2. The lowest BCUT2D eigenvalue weighted by Crippen LogP contribution is -2.41. The van der Waals surface area contributed by atoms with Crippen molar-refractivity contribution in [2.45, 2.75) is 17.9 Å². The molecule has 0 fully saturated rings. The van der Waals surface area contributed by atoms with Crippen LogP contribution in [0.25, 0.3) is 0 Å². The maximum atomic E-state index is 12.2. The van der Waals surface area contributed by atoms with Gasteiger partial charge in [-0.1, -0.05) is 30.3 Å². The van der Waals surface area contributed by atoms with Crippen molar-refractivity contribution in [2.24, 2.45) is 0 Å². The van der Waals surface area contributed by atoms with Gasteiger partial charge in [-0.2, -0.15) is 4.72 Å². The van der Waals surface area contributed by atoms with Crippen molar-refractivity contribution in [3.8, 4) is 0 Å². The molecule has 1 atom stereocenters. The number of sulfonamides is 1. The summed E-state index contributed by atoms with van der Waals surface area (Å²) in [5.74, 6) is -0.439. The van der Waals surface area contributed by atoms with Crippen molar-refractivity contribution in [1.29, 1.82) is 0 Å². The van der Waals surface area contributed by atoms with Crippen molar-refractivity contribution < 1.29 is 13.2 Å². The van der Waals surface area contributed by atoms with Crippen molar-refractivity contribution in [2.75, 3.05) is 5.32 Å². The fourth-order valence-corrected chi connectivity index (χ4v) is 3.37. The Bertz CT molecular complexity index is 763. The van der Waals surface area contributed by atoms with Gasteiger partial charge >= 0.3 is 0 Å². The summed E-state index contributed by atoms with van der Waals surface area (Å²) in [6.45, 7) is 1.49. The Balaban J connectivity index is 2.07. The maximum Gasteiger partial charge on any atom is 0.242 e. The van der Waals surface area contributed by atoms with Gasteiger partial charge in [0.15, 0.2) is 0 Å². The summed E-state index contributed by atoms with van der Waals surface area (Å²) in [4.78, 5) is 12.2. The van der Waals surface area contributed by atoms with Gasteiger partial charge in [-0.15, -0.1) is 0 Å². The summed E-state index contributed by atoms with van der Waals surface area (Å²) >= 11 is 3.32. The van der Waals surface area contributed by atoms with Crippen LogP contribution >= 0.6 is 15.9 Å². The maximum absolute atomic E-state index is 12.2. The fraction of sp³-hybridized carbons (Fsp3) is 0.133. The van der Waals surface area contributed by atoms with Gasteiger partial charge in [0, 0.05) is 4.47 Å². The molecule has 0 aliphatic heterocycles. The minimum Gasteiger partial charge on any atom is -0.324 e. The van der Waals surface area contributed by atoms with E-state index in [0.717, 1.165) is 4.47 Å². The molecule has 1 unspecified atom stereocenters. The number of anilines is 1. The second-order valence-corrected chi connectivity index (χ2v) is 7.19. The highest BCUT2D eigenvalue weighted by Gasteiger charge is 2.22. The van der Waals surface area contributed by atoms with E-state index in [0.29, 0.717) is 5.69 Å². The standard InChI is InChI=1S/C15H15BrN2O3S/c1-11(15(19)17-14-10-6-5-9-13(14)16)18-22(20,21)12-7-3-2-4-8-12/h2-11,18H,1H3,(H,17,19). The van der Waals surface area contributed by atoms with Crippen LogP contribution in [0.15, 0.2) is 64.0 Å². The number of halogens is 1. The van der Waals surface area contributed by atoms with Crippen molar-refractivity contribution >= 4 is 37.5 Å². The molecule has 0 aliphatic rings. The van der Waals surface area contributed by atoms with Crippen LogP contribution in [0.3, 0.4) is 0 Å². The summed E-state index contributed by atoms with van der Waals surface area (Å²) in [5, 5.41) is 2.67. The van der Waals surface area contributed by atoms with Crippen molar-refractivity contribution in [3.63, 3.8) is 0 Å². The van der Waals surface area contributed by atoms with Crippen molar-refractivity contribution in [1.82, 2.24) is 4.72 Å². The van der Waals surface area contributed by atoms with Gasteiger partial charge in [0.1, 0.15) is 0 Å². The van der Waals surface area contributed by atoms with Gasteiger partial charge < -0.3 is 5.32 Å². The molecule has 2 N–H and O–H groups in total. The molecule has 2 rings (SSSR count). The minimum atomic E-state index is -3.73. The molecular weight excluding hydrogens is 368 g/mol. The van der Waals surface area contributed by atoms with Gasteiger partial charge in [0.2, 0.25) is 15.9 Å². The second kappa shape index (κ2) is 7.04. The van der Waals surface area contributed by atoms with E-state index in [4.69, 9.17) is 0 Å². The number of hydrogen-bond acceptors (Lipinski definition) is 3. The molecule has 0 bridgehead atoms. The molecule has 2 aromatic rings. The Morgan fingerprint density at radius 2 is 1.64 bits per heavy atom. The molecular formula is C15H15BrN2O3S. The van der Waals surface area contributed by atoms with E-state index in [1.807, 2.05) is 6.07 Å². The Labute approximate surface area is 137 Å². The highest BCUT2D eigenvalue weighted by molar-refractivity contribution is 9.10. The Kier molecular flexibility index (Phi) is 5.33. The average Bonchev–Trinajstić information content (AvgIpc) is 2.50. The molecule has 22 heavy (non-hydrogen) atoms. The van der Waals surface area contributed by atoms with Gasteiger partial charge in [-0.3, -0.25) is 4.79 Å². The first-order valence-corrected chi connectivity index (χ1v) is 8.80.